The van der Waals surface area contributed by atoms with Crippen molar-refractivity contribution in [1.29, 1.82) is 0 Å². The summed E-state index contributed by atoms with van der Waals surface area (Å²) >= 11 is 0. The number of carbonyl (C=O) groups is 3. The zero-order valence-electron chi connectivity index (χ0n) is 29.7. The number of H-pyrrole nitrogens is 2. The average Bonchev–Trinajstić information content (AvgIpc) is 3.69. The van der Waals surface area contributed by atoms with Crippen LogP contribution in [0, 0.1) is 0 Å². The number of aromatic amines is 2. The first kappa shape index (κ1) is 36.7. The van der Waals surface area contributed by atoms with E-state index in [0.717, 1.165) is 29.7 Å². The van der Waals surface area contributed by atoms with E-state index in [9.17, 15) is 19.5 Å². The molecule has 0 atom stereocenters. The normalized spacial score (nSPS) is 11.7. The molecule has 0 saturated carbocycles. The second kappa shape index (κ2) is 15.4. The van der Waals surface area contributed by atoms with Gasteiger partial charge in [-0.15, -0.1) is 0 Å². The van der Waals surface area contributed by atoms with Crippen LogP contribution in [0.1, 0.15) is 90.2 Å². The van der Waals surface area contributed by atoms with Crippen molar-refractivity contribution in [2.75, 3.05) is 13.1 Å². The highest BCUT2D eigenvalue weighted by atomic mass is 16.6. The number of ether oxygens (including phenoxy) is 2. The average molecular weight is 673 g/mol. The monoisotopic (exact) mass is 672 g/mol. The van der Waals surface area contributed by atoms with Crippen molar-refractivity contribution in [3.05, 3.63) is 72.1 Å². The number of amides is 2. The lowest BCUT2D eigenvalue weighted by molar-refractivity contribution is 0.0219. The number of imidazole rings is 2. The van der Waals surface area contributed by atoms with Gasteiger partial charge in [-0.05, 0) is 77.1 Å². The van der Waals surface area contributed by atoms with Crippen molar-refractivity contribution in [3.8, 4) is 33.6 Å². The first-order valence-corrected chi connectivity index (χ1v) is 16.6. The summed E-state index contributed by atoms with van der Waals surface area (Å²) in [6.07, 6.45) is 4.09. The summed E-state index contributed by atoms with van der Waals surface area (Å²) in [6.45, 7) is 16.5. The third-order valence-electron chi connectivity index (χ3n) is 7.30. The van der Waals surface area contributed by atoms with E-state index in [0.29, 0.717) is 41.6 Å². The summed E-state index contributed by atoms with van der Waals surface area (Å²) in [5.74, 6) is 0.141. The Labute approximate surface area is 287 Å². The quantitative estimate of drug-likeness (QED) is 0.136. The Hall–Kier alpha value is -5.13. The van der Waals surface area contributed by atoms with Gasteiger partial charge in [0.1, 0.15) is 22.9 Å². The second-order valence-electron chi connectivity index (χ2n) is 13.9. The fourth-order valence-corrected chi connectivity index (χ4v) is 5.17. The zero-order chi connectivity index (χ0) is 35.9. The summed E-state index contributed by atoms with van der Waals surface area (Å²) in [5.41, 5.74) is 3.18. The molecule has 0 bridgehead atoms. The van der Waals surface area contributed by atoms with Gasteiger partial charge in [-0.1, -0.05) is 50.2 Å². The molecule has 12 nitrogen and oxygen atoms in total. The molecule has 0 fully saturated rings. The van der Waals surface area contributed by atoms with Crippen LogP contribution in [-0.4, -0.2) is 77.3 Å². The van der Waals surface area contributed by atoms with Gasteiger partial charge in [0.25, 0.3) is 0 Å². The largest absolute Gasteiger partial charge is 0.478 e. The topological polar surface area (TPSA) is 154 Å². The number of aromatic nitrogens is 4. The van der Waals surface area contributed by atoms with Crippen LogP contribution in [0.5, 0.6) is 0 Å². The Kier molecular flexibility index (Phi) is 11.5. The lowest BCUT2D eigenvalue weighted by atomic mass is 9.95. The lowest BCUT2D eigenvalue weighted by Crippen LogP contribution is -2.37. The van der Waals surface area contributed by atoms with E-state index in [2.05, 4.69) is 19.9 Å². The first-order valence-electron chi connectivity index (χ1n) is 16.6. The van der Waals surface area contributed by atoms with Crippen LogP contribution in [0.15, 0.2) is 54.9 Å². The van der Waals surface area contributed by atoms with E-state index in [1.165, 1.54) is 0 Å². The summed E-state index contributed by atoms with van der Waals surface area (Å²) in [5, 5.41) is 10.1. The molecule has 2 aromatic carbocycles. The maximum Gasteiger partial charge on any atom is 0.410 e. The van der Waals surface area contributed by atoms with Crippen LogP contribution >= 0.6 is 0 Å². The van der Waals surface area contributed by atoms with Crippen LogP contribution in [0.3, 0.4) is 0 Å². The predicted molar refractivity (Wildman–Crippen MR) is 188 cm³/mol. The number of carboxylic acid groups (broad SMARTS) is 1. The standard InChI is InChI=1S/C37H48N6O6/c1-9-17-42(34(46)48-36(3,4)5)22-31-38-20-29(40-31)25-13-11-24(12-14-25)27-16-15-26(19-28(27)33(44)45)30-21-39-32(41-30)23-43(18-10-2)35(47)49-37(6,7)8/h11-16,19-21H,9-10,17-18,22-23H2,1-8H3,(H,38,40)(H,39,41)(H,44,45). The molecule has 0 aliphatic carbocycles. The summed E-state index contributed by atoms with van der Waals surface area (Å²) in [6, 6.07) is 12.8. The predicted octanol–water partition coefficient (Wildman–Crippen LogP) is 8.13. The van der Waals surface area contributed by atoms with E-state index in [1.807, 2.05) is 85.7 Å². The number of hydrogen-bond acceptors (Lipinski definition) is 7. The van der Waals surface area contributed by atoms with Crippen LogP contribution in [0.25, 0.3) is 33.6 Å². The highest BCUT2D eigenvalue weighted by molar-refractivity contribution is 5.97. The Bertz CT molecular complexity index is 1750. The van der Waals surface area contributed by atoms with Crippen molar-refractivity contribution in [2.24, 2.45) is 0 Å². The van der Waals surface area contributed by atoms with E-state index < -0.39 is 23.3 Å². The molecule has 0 saturated heterocycles. The number of hydrogen-bond donors (Lipinski definition) is 3. The Morgan fingerprint density at radius 2 is 1.12 bits per heavy atom. The number of benzene rings is 2. The molecule has 2 amide bonds. The zero-order valence-corrected chi connectivity index (χ0v) is 29.7. The summed E-state index contributed by atoms with van der Waals surface area (Å²) in [7, 11) is 0. The molecular weight excluding hydrogens is 624 g/mol. The van der Waals surface area contributed by atoms with Crippen molar-refractivity contribution in [3.63, 3.8) is 0 Å². The fourth-order valence-electron chi connectivity index (χ4n) is 5.17. The molecule has 2 aromatic heterocycles. The minimum absolute atomic E-state index is 0.143. The van der Waals surface area contributed by atoms with Crippen LogP contribution in [-0.2, 0) is 22.6 Å². The molecule has 0 aliphatic rings. The Morgan fingerprint density at radius 3 is 1.55 bits per heavy atom. The lowest BCUT2D eigenvalue weighted by Gasteiger charge is -2.26. The van der Waals surface area contributed by atoms with Gasteiger partial charge in [-0.3, -0.25) is 0 Å². The number of aromatic carboxylic acids is 1. The van der Waals surface area contributed by atoms with E-state index in [4.69, 9.17) is 9.47 Å². The molecule has 0 radical (unpaired) electrons. The van der Waals surface area contributed by atoms with E-state index >= 15 is 0 Å². The number of nitrogens with zero attached hydrogens (tertiary/aromatic N) is 4. The van der Waals surface area contributed by atoms with Crippen molar-refractivity contribution in [1.82, 2.24) is 29.7 Å². The van der Waals surface area contributed by atoms with E-state index in [1.54, 1.807) is 34.3 Å². The minimum atomic E-state index is -1.06. The highest BCUT2D eigenvalue weighted by Crippen LogP contribution is 2.31. The SMILES string of the molecule is CCCN(Cc1ncc(-c2ccc(-c3ccc(-c4cnc(CN(CCC)C(=O)OC(C)(C)C)[nH]4)cc3C(=O)O)cc2)[nH]1)C(=O)OC(C)(C)C. The maximum atomic E-state index is 12.7. The smallest absolute Gasteiger partial charge is 0.410 e. The second-order valence-corrected chi connectivity index (χ2v) is 13.9. The van der Waals surface area contributed by atoms with Gasteiger partial charge >= 0.3 is 18.2 Å². The molecule has 4 aromatic rings. The van der Waals surface area contributed by atoms with Crippen LogP contribution in [0.2, 0.25) is 0 Å². The summed E-state index contributed by atoms with van der Waals surface area (Å²) < 4.78 is 11.1. The number of carboxylic acids is 1. The van der Waals surface area contributed by atoms with Gasteiger partial charge in [0.05, 0.1) is 42.4 Å². The van der Waals surface area contributed by atoms with Crippen LogP contribution < -0.4 is 0 Å². The molecule has 4 rings (SSSR count). The highest BCUT2D eigenvalue weighted by Gasteiger charge is 2.24. The third-order valence-corrected chi connectivity index (χ3v) is 7.30. The number of nitrogens with one attached hydrogen (secondary N) is 2. The van der Waals surface area contributed by atoms with Gasteiger partial charge in [0, 0.05) is 18.7 Å². The molecule has 0 unspecified atom stereocenters. The molecule has 49 heavy (non-hydrogen) atoms. The molecule has 0 spiro atoms. The number of rotatable bonds is 12. The van der Waals surface area contributed by atoms with Crippen molar-refractivity contribution in [2.45, 2.75) is 92.5 Å². The van der Waals surface area contributed by atoms with Gasteiger partial charge in [-0.25, -0.2) is 24.4 Å². The molecule has 12 heteroatoms. The molecule has 0 aliphatic heterocycles. The number of carbonyl (C=O) groups excluding carboxylic acids is 2. The third kappa shape index (κ3) is 10.2. The van der Waals surface area contributed by atoms with Crippen molar-refractivity contribution < 1.29 is 29.0 Å². The Morgan fingerprint density at radius 1 is 0.694 bits per heavy atom. The molecule has 2 heterocycles. The Balaban J connectivity index is 1.50. The maximum absolute atomic E-state index is 12.7. The fraction of sp³-hybridized carbons (Fsp3) is 0.432. The molecular formula is C37H48N6O6. The van der Waals surface area contributed by atoms with Gasteiger partial charge in [-0.2, -0.15) is 0 Å². The van der Waals surface area contributed by atoms with Crippen LogP contribution in [0.4, 0.5) is 9.59 Å². The first-order chi connectivity index (χ1) is 23.1. The van der Waals surface area contributed by atoms with Gasteiger partial charge < -0.3 is 34.3 Å². The van der Waals surface area contributed by atoms with E-state index in [-0.39, 0.29) is 24.7 Å². The summed E-state index contributed by atoms with van der Waals surface area (Å²) in [4.78, 5) is 56.5. The van der Waals surface area contributed by atoms with Crippen molar-refractivity contribution >= 4 is 18.2 Å². The minimum Gasteiger partial charge on any atom is -0.478 e. The van der Waals surface area contributed by atoms with Gasteiger partial charge in [0.15, 0.2) is 0 Å². The van der Waals surface area contributed by atoms with Gasteiger partial charge in [0.2, 0.25) is 0 Å². The molecule has 3 N–H and O–H groups in total. The molecule has 262 valence electrons.